The molecule has 104 valence electrons. The van der Waals surface area contributed by atoms with Crippen LogP contribution in [0, 0.1) is 5.92 Å². The molecule has 0 atom stereocenters. The highest BCUT2D eigenvalue weighted by Gasteiger charge is 2.23. The number of hydrogen-bond donors (Lipinski definition) is 1. The van der Waals surface area contributed by atoms with Crippen LogP contribution in [0.25, 0.3) is 0 Å². The molecule has 2 N–H and O–H groups in total. The zero-order valence-electron chi connectivity index (χ0n) is 11.4. The molecule has 1 heterocycles. The van der Waals surface area contributed by atoms with Gasteiger partial charge in [-0.05, 0) is 18.8 Å². The molecule has 2 rings (SSSR count). The molecule has 2 fully saturated rings. The van der Waals surface area contributed by atoms with E-state index < -0.39 is 0 Å². The second kappa shape index (κ2) is 7.10. The molecule has 0 radical (unpaired) electrons. The maximum Gasteiger partial charge on any atom is 0.222 e. The molecule has 1 aliphatic carbocycles. The fourth-order valence-corrected chi connectivity index (χ4v) is 3.17. The number of nitrogens with two attached hydrogens (primary N) is 1. The molecule has 4 nitrogen and oxygen atoms in total. The number of nitrogens with zero attached hydrogens (tertiary/aromatic N) is 2. The predicted molar refractivity (Wildman–Crippen MR) is 73.3 cm³/mol. The first-order chi connectivity index (χ1) is 8.79. The van der Waals surface area contributed by atoms with Crippen molar-refractivity contribution in [3.8, 4) is 0 Å². The van der Waals surface area contributed by atoms with E-state index in [0.717, 1.165) is 45.7 Å². The highest BCUT2D eigenvalue weighted by molar-refractivity contribution is 5.76. The summed E-state index contributed by atoms with van der Waals surface area (Å²) in [4.78, 5) is 16.6. The van der Waals surface area contributed by atoms with E-state index in [1.807, 2.05) is 0 Å². The molecule has 0 aromatic heterocycles. The monoisotopic (exact) mass is 253 g/mol. The van der Waals surface area contributed by atoms with E-state index in [4.69, 9.17) is 5.73 Å². The van der Waals surface area contributed by atoms with E-state index in [1.165, 1.54) is 32.1 Å². The standard InChI is InChI=1S/C14H27N3O/c15-6-7-16-8-10-17(11-9-16)14(18)12-13-4-2-1-3-5-13/h13H,1-12,15H2. The van der Waals surface area contributed by atoms with Crippen molar-refractivity contribution in [2.45, 2.75) is 38.5 Å². The Morgan fingerprint density at radius 3 is 2.33 bits per heavy atom. The van der Waals surface area contributed by atoms with Crippen molar-refractivity contribution in [2.24, 2.45) is 11.7 Å². The van der Waals surface area contributed by atoms with Gasteiger partial charge >= 0.3 is 0 Å². The minimum atomic E-state index is 0.384. The van der Waals surface area contributed by atoms with Crippen LogP contribution in [-0.2, 0) is 4.79 Å². The highest BCUT2D eigenvalue weighted by Crippen LogP contribution is 2.26. The molecule has 18 heavy (non-hydrogen) atoms. The Morgan fingerprint density at radius 1 is 1.06 bits per heavy atom. The molecule has 0 aromatic rings. The number of amides is 1. The lowest BCUT2D eigenvalue weighted by atomic mass is 9.86. The first-order valence-corrected chi connectivity index (χ1v) is 7.50. The predicted octanol–water partition coefficient (Wildman–Crippen LogP) is 1.06. The van der Waals surface area contributed by atoms with Gasteiger partial charge in [-0.3, -0.25) is 9.69 Å². The van der Waals surface area contributed by atoms with Crippen LogP contribution in [0.2, 0.25) is 0 Å². The molecule has 2 aliphatic rings. The summed E-state index contributed by atoms with van der Waals surface area (Å²) in [7, 11) is 0. The van der Waals surface area contributed by atoms with Crippen LogP contribution in [0.4, 0.5) is 0 Å². The smallest absolute Gasteiger partial charge is 0.222 e. The Bertz CT molecular complexity index is 256. The van der Waals surface area contributed by atoms with Crippen molar-refractivity contribution in [3.63, 3.8) is 0 Å². The zero-order valence-corrected chi connectivity index (χ0v) is 11.4. The topological polar surface area (TPSA) is 49.6 Å². The van der Waals surface area contributed by atoms with Crippen LogP contribution in [0.5, 0.6) is 0 Å². The largest absolute Gasteiger partial charge is 0.340 e. The van der Waals surface area contributed by atoms with Gasteiger partial charge in [0.25, 0.3) is 0 Å². The van der Waals surface area contributed by atoms with Gasteiger partial charge in [-0.15, -0.1) is 0 Å². The van der Waals surface area contributed by atoms with Gasteiger partial charge in [0.15, 0.2) is 0 Å². The number of carbonyl (C=O) groups excluding carboxylic acids is 1. The van der Waals surface area contributed by atoms with Crippen molar-refractivity contribution < 1.29 is 4.79 Å². The molecule has 1 amide bonds. The molecule has 0 bridgehead atoms. The summed E-state index contributed by atoms with van der Waals surface area (Å²) < 4.78 is 0. The van der Waals surface area contributed by atoms with E-state index in [1.54, 1.807) is 0 Å². The fourth-order valence-electron chi connectivity index (χ4n) is 3.17. The van der Waals surface area contributed by atoms with Crippen molar-refractivity contribution >= 4 is 5.91 Å². The average molecular weight is 253 g/mol. The maximum absolute atomic E-state index is 12.2. The molecule has 0 unspecified atom stereocenters. The summed E-state index contributed by atoms with van der Waals surface area (Å²) in [5, 5.41) is 0. The van der Waals surface area contributed by atoms with Gasteiger partial charge in [-0.25, -0.2) is 0 Å². The summed E-state index contributed by atoms with van der Waals surface area (Å²) in [6, 6.07) is 0. The van der Waals surface area contributed by atoms with Gasteiger partial charge in [0, 0.05) is 45.7 Å². The average Bonchev–Trinajstić information content (AvgIpc) is 2.41. The third kappa shape index (κ3) is 3.95. The summed E-state index contributed by atoms with van der Waals surface area (Å²) >= 11 is 0. The van der Waals surface area contributed by atoms with Crippen LogP contribution >= 0.6 is 0 Å². The summed E-state index contributed by atoms with van der Waals surface area (Å²) in [5.74, 6) is 1.04. The third-order valence-corrected chi connectivity index (χ3v) is 4.36. The number of rotatable bonds is 4. The number of hydrogen-bond acceptors (Lipinski definition) is 3. The Morgan fingerprint density at radius 2 is 1.72 bits per heavy atom. The Balaban J connectivity index is 1.70. The van der Waals surface area contributed by atoms with Gasteiger partial charge in [-0.2, -0.15) is 0 Å². The molecule has 1 saturated carbocycles. The molecular formula is C14H27N3O. The number of piperazine rings is 1. The van der Waals surface area contributed by atoms with E-state index in [2.05, 4.69) is 9.80 Å². The van der Waals surface area contributed by atoms with Gasteiger partial charge in [0.2, 0.25) is 5.91 Å². The van der Waals surface area contributed by atoms with Crippen LogP contribution in [0.15, 0.2) is 0 Å². The first-order valence-electron chi connectivity index (χ1n) is 7.50. The summed E-state index contributed by atoms with van der Waals surface area (Å²) in [6.45, 7) is 5.46. The van der Waals surface area contributed by atoms with Crippen LogP contribution < -0.4 is 5.73 Å². The van der Waals surface area contributed by atoms with Crippen molar-refractivity contribution in [1.82, 2.24) is 9.80 Å². The van der Waals surface area contributed by atoms with Crippen molar-refractivity contribution in [2.75, 3.05) is 39.3 Å². The van der Waals surface area contributed by atoms with Crippen LogP contribution in [0.3, 0.4) is 0 Å². The summed E-state index contributed by atoms with van der Waals surface area (Å²) in [6.07, 6.45) is 7.32. The fraction of sp³-hybridized carbons (Fsp3) is 0.929. The quantitative estimate of drug-likeness (QED) is 0.815. The first kappa shape index (κ1) is 13.8. The van der Waals surface area contributed by atoms with Crippen LogP contribution in [0.1, 0.15) is 38.5 Å². The van der Waals surface area contributed by atoms with E-state index >= 15 is 0 Å². The molecule has 1 aliphatic heterocycles. The lowest BCUT2D eigenvalue weighted by molar-refractivity contribution is -0.134. The highest BCUT2D eigenvalue weighted by atomic mass is 16.2. The Labute approximate surface area is 110 Å². The summed E-state index contributed by atoms with van der Waals surface area (Å²) in [5.41, 5.74) is 5.56. The van der Waals surface area contributed by atoms with E-state index in [0.29, 0.717) is 11.8 Å². The van der Waals surface area contributed by atoms with E-state index in [-0.39, 0.29) is 0 Å². The Kier molecular flexibility index (Phi) is 5.45. The molecule has 0 spiro atoms. The Hall–Kier alpha value is -0.610. The van der Waals surface area contributed by atoms with Gasteiger partial charge in [-0.1, -0.05) is 19.3 Å². The van der Waals surface area contributed by atoms with Gasteiger partial charge < -0.3 is 10.6 Å². The third-order valence-electron chi connectivity index (χ3n) is 4.36. The maximum atomic E-state index is 12.2. The zero-order chi connectivity index (χ0) is 12.8. The minimum absolute atomic E-state index is 0.384. The minimum Gasteiger partial charge on any atom is -0.340 e. The molecule has 0 aromatic carbocycles. The normalized spacial score (nSPS) is 23.3. The van der Waals surface area contributed by atoms with Gasteiger partial charge in [0.1, 0.15) is 0 Å². The second-order valence-corrected chi connectivity index (χ2v) is 5.72. The molecule has 4 heteroatoms. The van der Waals surface area contributed by atoms with Crippen molar-refractivity contribution in [1.29, 1.82) is 0 Å². The lowest BCUT2D eigenvalue weighted by Crippen LogP contribution is -2.50. The van der Waals surface area contributed by atoms with Crippen molar-refractivity contribution in [3.05, 3.63) is 0 Å². The second-order valence-electron chi connectivity index (χ2n) is 5.72. The molecule has 1 saturated heterocycles. The van der Waals surface area contributed by atoms with Gasteiger partial charge in [0.05, 0.1) is 0 Å². The SMILES string of the molecule is NCCN1CCN(C(=O)CC2CCCCC2)CC1. The number of carbonyl (C=O) groups is 1. The molecular weight excluding hydrogens is 226 g/mol. The van der Waals surface area contributed by atoms with E-state index in [9.17, 15) is 4.79 Å². The lowest BCUT2D eigenvalue weighted by Gasteiger charge is -2.35. The van der Waals surface area contributed by atoms with Crippen LogP contribution in [-0.4, -0.2) is 55.0 Å².